The molecule has 22 heavy (non-hydrogen) atoms. The molecular weight excluding hydrogens is 310 g/mol. The van der Waals surface area contributed by atoms with Crippen LogP contribution in [0.5, 0.6) is 0 Å². The molecule has 122 valence electrons. The Morgan fingerprint density at radius 3 is 2.55 bits per heavy atom. The smallest absolute Gasteiger partial charge is 0.337 e. The summed E-state index contributed by atoms with van der Waals surface area (Å²) in [5.74, 6) is -2.14. The van der Waals surface area contributed by atoms with Gasteiger partial charge in [-0.15, -0.1) is 0 Å². The SMILES string of the molecule is CCCN(CC(=O)O)S(=O)(=O)Cc1cccc(C(=O)OC)c1. The molecule has 0 saturated carbocycles. The quantitative estimate of drug-likeness (QED) is 0.717. The zero-order chi connectivity index (χ0) is 16.8. The molecule has 0 spiro atoms. The number of aliphatic carboxylic acids is 1. The molecule has 0 aliphatic rings. The zero-order valence-corrected chi connectivity index (χ0v) is 13.3. The molecule has 0 unspecified atom stereocenters. The first-order chi connectivity index (χ1) is 10.3. The normalized spacial score (nSPS) is 11.4. The van der Waals surface area contributed by atoms with Crippen molar-refractivity contribution in [2.45, 2.75) is 19.1 Å². The number of carbonyl (C=O) groups excluding carboxylic acids is 1. The van der Waals surface area contributed by atoms with Crippen LogP contribution >= 0.6 is 0 Å². The van der Waals surface area contributed by atoms with Crippen molar-refractivity contribution >= 4 is 22.0 Å². The monoisotopic (exact) mass is 329 g/mol. The van der Waals surface area contributed by atoms with E-state index in [0.29, 0.717) is 12.0 Å². The Bertz CT molecular complexity index is 640. The number of carboxylic acid groups (broad SMARTS) is 1. The van der Waals surface area contributed by atoms with Crippen molar-refractivity contribution in [3.8, 4) is 0 Å². The third-order valence-corrected chi connectivity index (χ3v) is 4.67. The summed E-state index contributed by atoms with van der Waals surface area (Å²) in [7, 11) is -2.54. The number of carboxylic acids is 1. The first kappa shape index (κ1) is 18.1. The van der Waals surface area contributed by atoms with Crippen LogP contribution in [0.2, 0.25) is 0 Å². The van der Waals surface area contributed by atoms with Gasteiger partial charge in [0.15, 0.2) is 0 Å². The maximum atomic E-state index is 12.3. The van der Waals surface area contributed by atoms with Crippen LogP contribution in [0.4, 0.5) is 0 Å². The number of ether oxygens (including phenoxy) is 1. The van der Waals surface area contributed by atoms with E-state index in [1.807, 2.05) is 0 Å². The topological polar surface area (TPSA) is 101 Å². The maximum Gasteiger partial charge on any atom is 0.337 e. The van der Waals surface area contributed by atoms with Crippen LogP contribution in [-0.4, -0.2) is 50.0 Å². The summed E-state index contributed by atoms with van der Waals surface area (Å²) in [5.41, 5.74) is 0.643. The summed E-state index contributed by atoms with van der Waals surface area (Å²) in [6.45, 7) is 1.32. The summed E-state index contributed by atoms with van der Waals surface area (Å²) in [6.07, 6.45) is 0.509. The van der Waals surface area contributed by atoms with Crippen molar-refractivity contribution in [2.75, 3.05) is 20.2 Å². The minimum Gasteiger partial charge on any atom is -0.480 e. The van der Waals surface area contributed by atoms with Gasteiger partial charge in [-0.05, 0) is 24.1 Å². The lowest BCUT2D eigenvalue weighted by molar-refractivity contribution is -0.137. The van der Waals surface area contributed by atoms with Gasteiger partial charge in [0, 0.05) is 6.54 Å². The number of sulfonamides is 1. The van der Waals surface area contributed by atoms with Crippen LogP contribution in [0.3, 0.4) is 0 Å². The molecule has 0 aliphatic heterocycles. The van der Waals surface area contributed by atoms with Crippen molar-refractivity contribution in [1.29, 1.82) is 0 Å². The predicted octanol–water partition coefficient (Wildman–Crippen LogP) is 1.10. The lowest BCUT2D eigenvalue weighted by Crippen LogP contribution is -2.37. The van der Waals surface area contributed by atoms with Gasteiger partial charge < -0.3 is 9.84 Å². The molecule has 7 nitrogen and oxygen atoms in total. The van der Waals surface area contributed by atoms with Gasteiger partial charge in [-0.2, -0.15) is 4.31 Å². The van der Waals surface area contributed by atoms with Gasteiger partial charge in [-0.3, -0.25) is 4.79 Å². The Balaban J connectivity index is 2.99. The largest absolute Gasteiger partial charge is 0.480 e. The second kappa shape index (κ2) is 7.90. The number of hydrogen-bond acceptors (Lipinski definition) is 5. The van der Waals surface area contributed by atoms with Gasteiger partial charge >= 0.3 is 11.9 Å². The fourth-order valence-corrected chi connectivity index (χ4v) is 3.48. The Morgan fingerprint density at radius 2 is 2.00 bits per heavy atom. The van der Waals surface area contributed by atoms with Gasteiger partial charge in [0.1, 0.15) is 6.54 Å². The number of methoxy groups -OCH3 is 1. The summed E-state index contributed by atoms with van der Waals surface area (Å²) in [6, 6.07) is 6.06. The molecule has 1 aromatic carbocycles. The highest BCUT2D eigenvalue weighted by Gasteiger charge is 2.24. The van der Waals surface area contributed by atoms with Crippen LogP contribution in [0.15, 0.2) is 24.3 Å². The number of carbonyl (C=O) groups is 2. The number of esters is 1. The molecule has 0 fully saturated rings. The number of benzene rings is 1. The van der Waals surface area contributed by atoms with E-state index in [4.69, 9.17) is 5.11 Å². The Morgan fingerprint density at radius 1 is 1.32 bits per heavy atom. The van der Waals surface area contributed by atoms with Gasteiger partial charge in [-0.25, -0.2) is 13.2 Å². The highest BCUT2D eigenvalue weighted by atomic mass is 32.2. The minimum atomic E-state index is -3.78. The first-order valence-electron chi connectivity index (χ1n) is 6.67. The fourth-order valence-electron chi connectivity index (χ4n) is 1.92. The second-order valence-corrected chi connectivity index (χ2v) is 6.64. The van der Waals surface area contributed by atoms with E-state index in [1.165, 1.54) is 19.2 Å². The van der Waals surface area contributed by atoms with Gasteiger partial charge in [0.05, 0.1) is 18.4 Å². The molecule has 0 saturated heterocycles. The van der Waals surface area contributed by atoms with E-state index >= 15 is 0 Å². The molecule has 0 aromatic heterocycles. The summed E-state index contributed by atoms with van der Waals surface area (Å²) in [4.78, 5) is 22.3. The average Bonchev–Trinajstić information content (AvgIpc) is 2.45. The summed E-state index contributed by atoms with van der Waals surface area (Å²) in [5, 5.41) is 8.82. The standard InChI is InChI=1S/C14H19NO6S/c1-3-7-15(9-13(16)17)22(19,20)10-11-5-4-6-12(8-11)14(18)21-2/h4-6,8H,3,7,9-10H2,1-2H3,(H,16,17). The van der Waals surface area contributed by atoms with E-state index in [1.54, 1.807) is 19.1 Å². The summed E-state index contributed by atoms with van der Waals surface area (Å²) < 4.78 is 30.2. The third kappa shape index (κ3) is 5.12. The van der Waals surface area contributed by atoms with Crippen molar-refractivity contribution < 1.29 is 27.9 Å². The minimum absolute atomic E-state index is 0.130. The molecule has 0 bridgehead atoms. The Labute approximate surface area is 129 Å². The van der Waals surface area contributed by atoms with E-state index in [-0.39, 0.29) is 17.9 Å². The van der Waals surface area contributed by atoms with Gasteiger partial charge in [-0.1, -0.05) is 19.1 Å². The molecule has 0 atom stereocenters. The zero-order valence-electron chi connectivity index (χ0n) is 12.5. The number of nitrogens with zero attached hydrogens (tertiary/aromatic N) is 1. The molecule has 0 radical (unpaired) electrons. The fraction of sp³-hybridized carbons (Fsp3) is 0.429. The van der Waals surface area contributed by atoms with E-state index in [2.05, 4.69) is 4.74 Å². The Hall–Kier alpha value is -1.93. The first-order valence-corrected chi connectivity index (χ1v) is 8.28. The van der Waals surface area contributed by atoms with E-state index < -0.39 is 28.5 Å². The van der Waals surface area contributed by atoms with Crippen LogP contribution in [0, 0.1) is 0 Å². The molecule has 8 heteroatoms. The molecule has 1 rings (SSSR count). The highest BCUT2D eigenvalue weighted by molar-refractivity contribution is 7.88. The molecule has 1 N–H and O–H groups in total. The Kier molecular flexibility index (Phi) is 6.51. The molecule has 0 heterocycles. The van der Waals surface area contributed by atoms with Crippen LogP contribution in [0.1, 0.15) is 29.3 Å². The maximum absolute atomic E-state index is 12.3. The molecule has 1 aromatic rings. The molecular formula is C14H19NO6S. The van der Waals surface area contributed by atoms with E-state index in [0.717, 1.165) is 4.31 Å². The third-order valence-electron chi connectivity index (χ3n) is 2.88. The second-order valence-electron chi connectivity index (χ2n) is 4.68. The number of hydrogen-bond donors (Lipinski definition) is 1. The van der Waals surface area contributed by atoms with Crippen LogP contribution in [-0.2, 0) is 25.3 Å². The lowest BCUT2D eigenvalue weighted by atomic mass is 10.1. The van der Waals surface area contributed by atoms with Crippen molar-refractivity contribution in [1.82, 2.24) is 4.31 Å². The predicted molar refractivity (Wildman–Crippen MR) is 79.9 cm³/mol. The summed E-state index contributed by atoms with van der Waals surface area (Å²) >= 11 is 0. The highest BCUT2D eigenvalue weighted by Crippen LogP contribution is 2.14. The van der Waals surface area contributed by atoms with E-state index in [9.17, 15) is 18.0 Å². The number of rotatable bonds is 8. The van der Waals surface area contributed by atoms with Crippen LogP contribution < -0.4 is 0 Å². The van der Waals surface area contributed by atoms with Gasteiger partial charge in [0.2, 0.25) is 10.0 Å². The van der Waals surface area contributed by atoms with Crippen molar-refractivity contribution in [2.24, 2.45) is 0 Å². The van der Waals surface area contributed by atoms with Crippen molar-refractivity contribution in [3.05, 3.63) is 35.4 Å². The van der Waals surface area contributed by atoms with Crippen molar-refractivity contribution in [3.63, 3.8) is 0 Å². The van der Waals surface area contributed by atoms with Gasteiger partial charge in [0.25, 0.3) is 0 Å². The average molecular weight is 329 g/mol. The molecule has 0 aliphatic carbocycles. The lowest BCUT2D eigenvalue weighted by Gasteiger charge is -2.19. The van der Waals surface area contributed by atoms with Crippen LogP contribution in [0.25, 0.3) is 0 Å². The molecule has 0 amide bonds.